The van der Waals surface area contributed by atoms with E-state index in [0.29, 0.717) is 5.69 Å². The first-order chi connectivity index (χ1) is 13.1. The van der Waals surface area contributed by atoms with E-state index in [1.165, 1.54) is 12.0 Å². The number of esters is 1. The SMILES string of the molecule is COC(=O)CN1C(=O)N(c2ccccc2)C(=O)CC1CNC(=O)OC(C)(C)C. The van der Waals surface area contributed by atoms with Crippen LogP contribution in [0, 0.1) is 0 Å². The van der Waals surface area contributed by atoms with Crippen molar-refractivity contribution < 1.29 is 28.7 Å². The number of urea groups is 1. The summed E-state index contributed by atoms with van der Waals surface area (Å²) in [5.41, 5.74) is -0.274. The molecular formula is C19H25N3O6. The van der Waals surface area contributed by atoms with Crippen LogP contribution in [0.15, 0.2) is 30.3 Å². The standard InChI is InChI=1S/C19H25N3O6/c1-19(2,3)28-17(25)20-11-14-10-15(23)22(13-8-6-5-7-9-13)18(26)21(14)12-16(24)27-4/h5-9,14H,10-12H2,1-4H3,(H,20,25). The lowest BCUT2D eigenvalue weighted by atomic mass is 10.1. The van der Waals surface area contributed by atoms with Crippen molar-refractivity contribution in [2.45, 2.75) is 38.8 Å². The van der Waals surface area contributed by atoms with Gasteiger partial charge in [0.25, 0.3) is 0 Å². The molecule has 0 bridgehead atoms. The second kappa shape index (κ2) is 8.73. The number of carbonyl (C=O) groups excluding carboxylic acids is 4. The van der Waals surface area contributed by atoms with E-state index in [2.05, 4.69) is 10.1 Å². The lowest BCUT2D eigenvalue weighted by molar-refractivity contribution is -0.142. The smallest absolute Gasteiger partial charge is 0.407 e. The molecule has 152 valence electrons. The van der Waals surface area contributed by atoms with Crippen molar-refractivity contribution in [3.05, 3.63) is 30.3 Å². The highest BCUT2D eigenvalue weighted by Gasteiger charge is 2.40. The lowest BCUT2D eigenvalue weighted by Gasteiger charge is -2.39. The Hall–Kier alpha value is -3.10. The van der Waals surface area contributed by atoms with E-state index < -0.39 is 35.6 Å². The first kappa shape index (κ1) is 21.2. The lowest BCUT2D eigenvalue weighted by Crippen LogP contribution is -2.61. The number of alkyl carbamates (subject to hydrolysis) is 1. The maximum atomic E-state index is 13.0. The molecule has 1 heterocycles. The Labute approximate surface area is 163 Å². The monoisotopic (exact) mass is 391 g/mol. The van der Waals surface area contributed by atoms with Gasteiger partial charge < -0.3 is 19.7 Å². The van der Waals surface area contributed by atoms with Crippen molar-refractivity contribution in [2.24, 2.45) is 0 Å². The molecule has 28 heavy (non-hydrogen) atoms. The molecule has 1 aliphatic rings. The Bertz CT molecular complexity index is 744. The van der Waals surface area contributed by atoms with E-state index in [0.717, 1.165) is 4.90 Å². The molecule has 1 saturated heterocycles. The summed E-state index contributed by atoms with van der Waals surface area (Å²) in [5, 5.41) is 2.55. The summed E-state index contributed by atoms with van der Waals surface area (Å²) in [6.07, 6.45) is -0.733. The molecule has 9 nitrogen and oxygen atoms in total. The summed E-state index contributed by atoms with van der Waals surface area (Å²) in [7, 11) is 1.21. The normalized spacial score (nSPS) is 17.4. The van der Waals surface area contributed by atoms with Crippen LogP contribution in [0.3, 0.4) is 0 Å². The molecule has 1 atom stereocenters. The summed E-state index contributed by atoms with van der Waals surface area (Å²) in [5.74, 6) is -1.05. The van der Waals surface area contributed by atoms with E-state index in [1.807, 2.05) is 0 Å². The largest absolute Gasteiger partial charge is 0.468 e. The number of ether oxygens (including phenoxy) is 2. The molecule has 9 heteroatoms. The van der Waals surface area contributed by atoms with Gasteiger partial charge in [-0.3, -0.25) is 9.59 Å². The van der Waals surface area contributed by atoms with Gasteiger partial charge in [0, 0.05) is 13.0 Å². The predicted octanol–water partition coefficient (Wildman–Crippen LogP) is 1.91. The van der Waals surface area contributed by atoms with Gasteiger partial charge in [0.15, 0.2) is 0 Å². The Morgan fingerprint density at radius 2 is 1.82 bits per heavy atom. The third-order valence-electron chi connectivity index (χ3n) is 3.96. The van der Waals surface area contributed by atoms with Gasteiger partial charge in [-0.15, -0.1) is 0 Å². The van der Waals surface area contributed by atoms with Gasteiger partial charge in [0.05, 0.1) is 18.8 Å². The molecule has 1 unspecified atom stereocenters. The van der Waals surface area contributed by atoms with Crippen molar-refractivity contribution in [3.8, 4) is 0 Å². The fourth-order valence-electron chi connectivity index (χ4n) is 2.72. The predicted molar refractivity (Wildman–Crippen MR) is 101 cm³/mol. The number of anilines is 1. The summed E-state index contributed by atoms with van der Waals surface area (Å²) < 4.78 is 9.83. The Morgan fingerprint density at radius 1 is 1.18 bits per heavy atom. The molecule has 0 aliphatic carbocycles. The van der Waals surface area contributed by atoms with Gasteiger partial charge >= 0.3 is 18.1 Å². The number of rotatable bonds is 5. The molecule has 1 fully saturated rings. The molecule has 1 N–H and O–H groups in total. The van der Waals surface area contributed by atoms with E-state index in [1.54, 1.807) is 51.1 Å². The number of nitrogens with one attached hydrogen (secondary N) is 1. The van der Waals surface area contributed by atoms with Gasteiger partial charge in [-0.2, -0.15) is 0 Å². The van der Waals surface area contributed by atoms with Crippen LogP contribution >= 0.6 is 0 Å². The maximum absolute atomic E-state index is 13.0. The van der Waals surface area contributed by atoms with Gasteiger partial charge in [0.1, 0.15) is 12.1 Å². The quantitative estimate of drug-likeness (QED) is 0.769. The van der Waals surface area contributed by atoms with Crippen LogP contribution in [0.1, 0.15) is 27.2 Å². The molecule has 2 rings (SSSR count). The van der Waals surface area contributed by atoms with Crippen LogP contribution in [-0.4, -0.2) is 60.7 Å². The van der Waals surface area contributed by atoms with Crippen molar-refractivity contribution in [2.75, 3.05) is 25.1 Å². The number of hydrogen-bond donors (Lipinski definition) is 1. The molecule has 1 aromatic carbocycles. The number of methoxy groups -OCH3 is 1. The summed E-state index contributed by atoms with van der Waals surface area (Å²) in [6, 6.07) is 7.09. The van der Waals surface area contributed by atoms with Crippen molar-refractivity contribution in [3.63, 3.8) is 0 Å². The van der Waals surface area contributed by atoms with E-state index in [9.17, 15) is 19.2 Å². The van der Waals surface area contributed by atoms with Gasteiger partial charge in [-0.1, -0.05) is 18.2 Å². The first-order valence-corrected chi connectivity index (χ1v) is 8.84. The highest BCUT2D eigenvalue weighted by molar-refractivity contribution is 6.16. The number of imide groups is 1. The van der Waals surface area contributed by atoms with Gasteiger partial charge in [-0.05, 0) is 32.9 Å². The third-order valence-corrected chi connectivity index (χ3v) is 3.96. The molecule has 0 radical (unpaired) electrons. The number of nitrogens with zero attached hydrogens (tertiary/aromatic N) is 2. The van der Waals surface area contributed by atoms with Gasteiger partial charge in [-0.25, -0.2) is 14.5 Å². The average molecular weight is 391 g/mol. The number of para-hydroxylation sites is 1. The zero-order chi connectivity index (χ0) is 20.9. The molecule has 0 saturated carbocycles. The van der Waals surface area contributed by atoms with Crippen LogP contribution in [0.4, 0.5) is 15.3 Å². The van der Waals surface area contributed by atoms with Crippen LogP contribution in [-0.2, 0) is 19.1 Å². The van der Waals surface area contributed by atoms with Crippen molar-refractivity contribution in [1.82, 2.24) is 10.2 Å². The van der Waals surface area contributed by atoms with Crippen LogP contribution < -0.4 is 10.2 Å². The molecular weight excluding hydrogens is 366 g/mol. The maximum Gasteiger partial charge on any atom is 0.407 e. The second-order valence-electron chi connectivity index (χ2n) is 7.29. The zero-order valence-corrected chi connectivity index (χ0v) is 16.4. The van der Waals surface area contributed by atoms with Gasteiger partial charge in [0.2, 0.25) is 5.91 Å². The van der Waals surface area contributed by atoms with E-state index >= 15 is 0 Å². The number of amides is 4. The molecule has 0 aromatic heterocycles. The molecule has 0 spiro atoms. The summed E-state index contributed by atoms with van der Waals surface area (Å²) in [6.45, 7) is 4.79. The summed E-state index contributed by atoms with van der Waals surface area (Å²) >= 11 is 0. The van der Waals surface area contributed by atoms with Crippen LogP contribution in [0.2, 0.25) is 0 Å². The fourth-order valence-corrected chi connectivity index (χ4v) is 2.72. The third kappa shape index (κ3) is 5.45. The Morgan fingerprint density at radius 3 is 2.39 bits per heavy atom. The minimum atomic E-state index is -0.702. The minimum Gasteiger partial charge on any atom is -0.468 e. The Balaban J connectivity index is 2.18. The number of carbonyl (C=O) groups is 4. The van der Waals surface area contributed by atoms with Crippen LogP contribution in [0.5, 0.6) is 0 Å². The van der Waals surface area contributed by atoms with Crippen LogP contribution in [0.25, 0.3) is 0 Å². The Kier molecular flexibility index (Phi) is 6.61. The molecule has 4 amide bonds. The minimum absolute atomic E-state index is 0.0357. The molecule has 1 aromatic rings. The first-order valence-electron chi connectivity index (χ1n) is 8.84. The second-order valence-corrected chi connectivity index (χ2v) is 7.29. The van der Waals surface area contributed by atoms with E-state index in [-0.39, 0.29) is 19.5 Å². The number of hydrogen-bond acceptors (Lipinski definition) is 6. The summed E-state index contributed by atoms with van der Waals surface area (Å²) in [4.78, 5) is 51.5. The fraction of sp³-hybridized carbons (Fsp3) is 0.474. The number of benzene rings is 1. The zero-order valence-electron chi connectivity index (χ0n) is 16.4. The van der Waals surface area contributed by atoms with E-state index in [4.69, 9.17) is 4.74 Å². The average Bonchev–Trinajstić information content (AvgIpc) is 2.62. The highest BCUT2D eigenvalue weighted by Crippen LogP contribution is 2.24. The van der Waals surface area contributed by atoms with Crippen molar-refractivity contribution >= 4 is 29.7 Å². The topological polar surface area (TPSA) is 105 Å². The molecule has 1 aliphatic heterocycles. The highest BCUT2D eigenvalue weighted by atomic mass is 16.6. The van der Waals surface area contributed by atoms with Crippen molar-refractivity contribution in [1.29, 1.82) is 0 Å².